The Labute approximate surface area is 112 Å². The average molecular weight is 281 g/mol. The van der Waals surface area contributed by atoms with Gasteiger partial charge >= 0.3 is 5.97 Å². The summed E-state index contributed by atoms with van der Waals surface area (Å²) in [5, 5.41) is 0. The Hall–Kier alpha value is -0.860. The number of nitrogens with one attached hydrogen (secondary N) is 1. The minimum atomic E-state index is -0.274. The van der Waals surface area contributed by atoms with Crippen LogP contribution in [0.2, 0.25) is 0 Å². The van der Waals surface area contributed by atoms with Crippen LogP contribution in [0.25, 0.3) is 10.2 Å². The van der Waals surface area contributed by atoms with Gasteiger partial charge in [0.25, 0.3) is 0 Å². The molecule has 1 fully saturated rings. The van der Waals surface area contributed by atoms with Crippen LogP contribution in [0.4, 0.5) is 0 Å². The molecule has 1 aliphatic carbocycles. The second-order valence-electron chi connectivity index (χ2n) is 4.84. The summed E-state index contributed by atoms with van der Waals surface area (Å²) >= 11 is 1.54. The molecule has 5 heteroatoms. The van der Waals surface area contributed by atoms with Crippen LogP contribution in [0.3, 0.4) is 0 Å². The Morgan fingerprint density at radius 1 is 1.39 bits per heavy atom. The van der Waals surface area contributed by atoms with E-state index in [1.54, 1.807) is 0 Å². The van der Waals surface area contributed by atoms with Crippen molar-refractivity contribution in [1.82, 2.24) is 4.98 Å². The molecule has 0 saturated heterocycles. The van der Waals surface area contributed by atoms with Gasteiger partial charge in [0.05, 0.1) is 19.7 Å². The number of H-pyrrole nitrogens is 1. The first-order valence-electron chi connectivity index (χ1n) is 6.31. The molecule has 18 heavy (non-hydrogen) atoms. The normalized spacial score (nSPS) is 17.2. The average Bonchev–Trinajstić information content (AvgIpc) is 2.98. The van der Waals surface area contributed by atoms with Crippen molar-refractivity contribution < 1.29 is 9.32 Å². The van der Waals surface area contributed by atoms with Crippen LogP contribution in [0.1, 0.15) is 53.3 Å². The van der Waals surface area contributed by atoms with Gasteiger partial charge in [0.2, 0.25) is 0 Å². The van der Waals surface area contributed by atoms with Gasteiger partial charge in [0, 0.05) is 6.20 Å². The van der Waals surface area contributed by atoms with Crippen molar-refractivity contribution >= 4 is 37.0 Å². The summed E-state index contributed by atoms with van der Waals surface area (Å²) in [6, 6.07) is 1.89. The molecule has 0 spiro atoms. The number of fused-ring (bicyclic) bond motifs is 1. The van der Waals surface area contributed by atoms with Crippen LogP contribution in [-0.4, -0.2) is 11.0 Å². The highest BCUT2D eigenvalue weighted by molar-refractivity contribution is 7.21. The Morgan fingerprint density at radius 3 is 2.89 bits per heavy atom. The standard InChI is InChI=1S/C13H16NO2PS/c15-13(16-17)11-6-10-12(18-11)9(7-14-10)8-4-2-1-3-5-8/h6-8,14H,1-5,17H2. The number of aromatic nitrogens is 1. The van der Waals surface area contributed by atoms with Crippen LogP contribution >= 0.6 is 20.8 Å². The molecule has 0 aliphatic heterocycles. The number of carbonyl (C=O) groups is 1. The molecule has 0 bridgehead atoms. The van der Waals surface area contributed by atoms with Crippen LogP contribution in [-0.2, 0) is 4.52 Å². The van der Waals surface area contributed by atoms with Gasteiger partial charge in [-0.05, 0) is 30.4 Å². The molecule has 1 atom stereocenters. The van der Waals surface area contributed by atoms with E-state index >= 15 is 0 Å². The van der Waals surface area contributed by atoms with Crippen molar-refractivity contribution in [3.63, 3.8) is 0 Å². The highest BCUT2D eigenvalue weighted by Crippen LogP contribution is 2.39. The van der Waals surface area contributed by atoms with Crippen molar-refractivity contribution in [2.75, 3.05) is 0 Å². The van der Waals surface area contributed by atoms with E-state index in [0.717, 1.165) is 5.52 Å². The largest absolute Gasteiger partial charge is 0.447 e. The van der Waals surface area contributed by atoms with Crippen molar-refractivity contribution in [2.24, 2.45) is 0 Å². The maximum atomic E-state index is 11.5. The fraction of sp³-hybridized carbons (Fsp3) is 0.462. The maximum absolute atomic E-state index is 11.5. The number of carbonyl (C=O) groups excluding carboxylic acids is 1. The summed E-state index contributed by atoms with van der Waals surface area (Å²) in [5.41, 5.74) is 2.45. The fourth-order valence-corrected chi connectivity index (χ4v) is 4.12. The van der Waals surface area contributed by atoms with Gasteiger partial charge in [0.15, 0.2) is 0 Å². The Bertz CT molecular complexity index is 569. The maximum Gasteiger partial charge on any atom is 0.350 e. The van der Waals surface area contributed by atoms with E-state index in [1.807, 2.05) is 15.5 Å². The van der Waals surface area contributed by atoms with Crippen molar-refractivity contribution in [3.05, 3.63) is 22.7 Å². The molecule has 96 valence electrons. The molecule has 2 aromatic heterocycles. The van der Waals surface area contributed by atoms with Crippen molar-refractivity contribution in [2.45, 2.75) is 38.0 Å². The van der Waals surface area contributed by atoms with Gasteiger partial charge in [-0.1, -0.05) is 19.3 Å². The summed E-state index contributed by atoms with van der Waals surface area (Å²) in [6.07, 6.45) is 8.67. The molecular weight excluding hydrogens is 265 g/mol. The third-order valence-electron chi connectivity index (χ3n) is 3.73. The van der Waals surface area contributed by atoms with E-state index < -0.39 is 0 Å². The third-order valence-corrected chi connectivity index (χ3v) is 5.11. The molecule has 0 aromatic carbocycles. The van der Waals surface area contributed by atoms with Crippen LogP contribution < -0.4 is 0 Å². The molecule has 3 nitrogen and oxygen atoms in total. The first-order chi connectivity index (χ1) is 8.79. The first-order valence-corrected chi connectivity index (χ1v) is 7.60. The van der Waals surface area contributed by atoms with E-state index in [2.05, 4.69) is 11.2 Å². The molecule has 3 rings (SSSR count). The molecule has 1 aliphatic rings. The zero-order chi connectivity index (χ0) is 12.5. The number of aromatic amines is 1. The molecular formula is C13H16NO2PS. The van der Waals surface area contributed by atoms with Crippen molar-refractivity contribution in [3.8, 4) is 0 Å². The minimum absolute atomic E-state index is 0.274. The highest BCUT2D eigenvalue weighted by atomic mass is 32.1. The lowest BCUT2D eigenvalue weighted by Crippen LogP contribution is -2.03. The van der Waals surface area contributed by atoms with Gasteiger partial charge in [-0.3, -0.25) is 0 Å². The molecule has 0 amide bonds. The lowest BCUT2D eigenvalue weighted by molar-refractivity contribution is 0.0770. The zero-order valence-corrected chi connectivity index (χ0v) is 12.0. The van der Waals surface area contributed by atoms with E-state index in [4.69, 9.17) is 4.52 Å². The molecule has 0 radical (unpaired) electrons. The van der Waals surface area contributed by atoms with Crippen molar-refractivity contribution in [1.29, 1.82) is 0 Å². The Kier molecular flexibility index (Phi) is 3.40. The summed E-state index contributed by atoms with van der Waals surface area (Å²) < 4.78 is 5.92. The summed E-state index contributed by atoms with van der Waals surface area (Å²) in [6.45, 7) is 0. The molecule has 1 saturated carbocycles. The first kappa shape index (κ1) is 12.2. The SMILES string of the molecule is O=C(OP)c1cc2[nH]cc(C3CCCCC3)c2s1. The van der Waals surface area contributed by atoms with Crippen LogP contribution in [0, 0.1) is 0 Å². The Morgan fingerprint density at radius 2 is 2.17 bits per heavy atom. The molecule has 2 aromatic rings. The number of hydrogen-bond acceptors (Lipinski definition) is 3. The van der Waals surface area contributed by atoms with Gasteiger partial charge in [0.1, 0.15) is 4.88 Å². The quantitative estimate of drug-likeness (QED) is 0.837. The zero-order valence-electron chi connectivity index (χ0n) is 10.1. The van der Waals surface area contributed by atoms with Gasteiger partial charge in [-0.25, -0.2) is 4.79 Å². The fourth-order valence-electron chi connectivity index (χ4n) is 2.81. The number of hydrogen-bond donors (Lipinski definition) is 1. The molecule has 1 unspecified atom stereocenters. The molecule has 1 N–H and O–H groups in total. The highest BCUT2D eigenvalue weighted by Gasteiger charge is 2.21. The van der Waals surface area contributed by atoms with Crippen LogP contribution in [0.15, 0.2) is 12.3 Å². The second-order valence-corrected chi connectivity index (χ2v) is 6.13. The predicted molar refractivity (Wildman–Crippen MR) is 77.1 cm³/mol. The summed E-state index contributed by atoms with van der Waals surface area (Å²) in [7, 11) is 2.01. The lowest BCUT2D eigenvalue weighted by atomic mass is 9.85. The third kappa shape index (κ3) is 2.08. The van der Waals surface area contributed by atoms with E-state index in [-0.39, 0.29) is 5.97 Å². The monoisotopic (exact) mass is 281 g/mol. The number of thiophene rings is 1. The Balaban J connectivity index is 1.97. The second kappa shape index (κ2) is 5.02. The van der Waals surface area contributed by atoms with E-state index in [9.17, 15) is 4.79 Å². The topological polar surface area (TPSA) is 42.1 Å². The lowest BCUT2D eigenvalue weighted by Gasteiger charge is -2.20. The van der Waals surface area contributed by atoms with Gasteiger partial charge in [-0.2, -0.15) is 0 Å². The van der Waals surface area contributed by atoms with E-state index in [1.165, 1.54) is 53.7 Å². The smallest absolute Gasteiger partial charge is 0.350 e. The number of rotatable bonds is 2. The van der Waals surface area contributed by atoms with Gasteiger partial charge in [-0.15, -0.1) is 11.3 Å². The van der Waals surface area contributed by atoms with Crippen LogP contribution in [0.5, 0.6) is 0 Å². The predicted octanol–water partition coefficient (Wildman–Crippen LogP) is 4.22. The van der Waals surface area contributed by atoms with E-state index in [0.29, 0.717) is 10.8 Å². The minimum Gasteiger partial charge on any atom is -0.447 e. The van der Waals surface area contributed by atoms with Gasteiger partial charge < -0.3 is 9.51 Å². The summed E-state index contributed by atoms with van der Waals surface area (Å²) in [4.78, 5) is 15.5. The molecule has 2 heterocycles. The summed E-state index contributed by atoms with van der Waals surface area (Å²) in [5.74, 6) is 0.384.